The van der Waals surface area contributed by atoms with Gasteiger partial charge < -0.3 is 20.3 Å². The molecule has 0 bridgehead atoms. The van der Waals surface area contributed by atoms with E-state index in [2.05, 4.69) is 49.1 Å². The number of carbonyl (C=O) groups excluding carboxylic acids is 1. The van der Waals surface area contributed by atoms with Crippen LogP contribution in [0.5, 0.6) is 11.6 Å². The van der Waals surface area contributed by atoms with Crippen LogP contribution in [0.2, 0.25) is 0 Å². The van der Waals surface area contributed by atoms with Crippen molar-refractivity contribution in [1.82, 2.24) is 14.9 Å². The summed E-state index contributed by atoms with van der Waals surface area (Å²) in [5.74, 6) is 1.09. The minimum atomic E-state index is -0.299. The van der Waals surface area contributed by atoms with Crippen molar-refractivity contribution in [2.45, 2.75) is 0 Å². The number of benzene rings is 2. The molecular weight excluding hydrogens is 491 g/mol. The number of anilines is 4. The van der Waals surface area contributed by atoms with Crippen LogP contribution in [0, 0.1) is 0 Å². The molecule has 1 saturated heterocycles. The Labute approximate surface area is 218 Å². The third-order valence-electron chi connectivity index (χ3n) is 6.04. The second-order valence-corrected chi connectivity index (χ2v) is 9.42. The summed E-state index contributed by atoms with van der Waals surface area (Å²) in [7, 11) is 0. The Kier molecular flexibility index (Phi) is 7.57. The van der Waals surface area contributed by atoms with Crippen LogP contribution < -0.4 is 20.3 Å². The zero-order valence-corrected chi connectivity index (χ0v) is 21.0. The number of carbonyl (C=O) groups is 1. The first-order valence-corrected chi connectivity index (χ1v) is 12.9. The van der Waals surface area contributed by atoms with Gasteiger partial charge in [0.25, 0.3) is 0 Å². The van der Waals surface area contributed by atoms with Crippen molar-refractivity contribution in [3.8, 4) is 11.6 Å². The van der Waals surface area contributed by atoms with Gasteiger partial charge in [0.1, 0.15) is 17.1 Å². The van der Waals surface area contributed by atoms with Gasteiger partial charge in [-0.3, -0.25) is 9.69 Å². The Morgan fingerprint density at radius 1 is 1.08 bits per heavy atom. The number of hydrogen-bond acceptors (Lipinski definition) is 8. The number of halogens is 1. The van der Waals surface area contributed by atoms with E-state index in [1.807, 2.05) is 23.6 Å². The maximum absolute atomic E-state index is 12.6. The Morgan fingerprint density at radius 3 is 2.65 bits per heavy atom. The molecule has 0 atom stereocenters. The highest BCUT2D eigenvalue weighted by molar-refractivity contribution is 7.17. The van der Waals surface area contributed by atoms with Gasteiger partial charge in [0.2, 0.25) is 17.7 Å². The molecule has 0 aliphatic carbocycles. The predicted molar refractivity (Wildman–Crippen MR) is 147 cm³/mol. The standard InChI is InChI=1S/C27H27FN6O2S/c1-2-24(35)29-20-4-3-5-22(18-20)36-26-25-23(10-17-37-25)31-27(32-26)30-19-6-8-21(9-7-19)34-15-13-33(12-11-28)14-16-34/h2-10,17-18H,1,11-16H2,(H,29,35)(H,30,31,32). The molecule has 2 aromatic heterocycles. The van der Waals surface area contributed by atoms with Crippen molar-refractivity contribution in [2.75, 3.05) is 54.9 Å². The Hall–Kier alpha value is -4.02. The van der Waals surface area contributed by atoms with Gasteiger partial charge in [-0.2, -0.15) is 4.98 Å². The summed E-state index contributed by atoms with van der Waals surface area (Å²) in [5.41, 5.74) is 3.36. The monoisotopic (exact) mass is 518 g/mol. The van der Waals surface area contributed by atoms with Gasteiger partial charge in [0, 0.05) is 55.9 Å². The van der Waals surface area contributed by atoms with Gasteiger partial charge in [-0.05, 0) is 53.9 Å². The zero-order chi connectivity index (χ0) is 25.6. The van der Waals surface area contributed by atoms with Crippen LogP contribution >= 0.6 is 11.3 Å². The van der Waals surface area contributed by atoms with Crippen LogP contribution in [0.1, 0.15) is 0 Å². The minimum absolute atomic E-state index is 0.295. The number of hydrogen-bond donors (Lipinski definition) is 2. The molecule has 5 rings (SSSR count). The van der Waals surface area contributed by atoms with E-state index in [1.165, 1.54) is 17.4 Å². The first-order valence-electron chi connectivity index (χ1n) is 12.0. The molecule has 190 valence electrons. The molecule has 0 spiro atoms. The first kappa shape index (κ1) is 24.7. The van der Waals surface area contributed by atoms with Crippen LogP contribution in [-0.2, 0) is 4.79 Å². The molecule has 10 heteroatoms. The van der Waals surface area contributed by atoms with Crippen LogP contribution in [0.25, 0.3) is 10.2 Å². The number of nitrogens with zero attached hydrogens (tertiary/aromatic N) is 4. The van der Waals surface area contributed by atoms with Crippen molar-refractivity contribution in [2.24, 2.45) is 0 Å². The largest absolute Gasteiger partial charge is 0.437 e. The van der Waals surface area contributed by atoms with Crippen molar-refractivity contribution in [3.63, 3.8) is 0 Å². The molecule has 1 aliphatic rings. The van der Waals surface area contributed by atoms with E-state index in [9.17, 15) is 9.18 Å². The van der Waals surface area contributed by atoms with Gasteiger partial charge in [-0.15, -0.1) is 11.3 Å². The number of thiophene rings is 1. The molecule has 8 nitrogen and oxygen atoms in total. The van der Waals surface area contributed by atoms with Gasteiger partial charge in [0.05, 0.1) is 5.52 Å². The SMILES string of the molecule is C=CC(=O)Nc1cccc(Oc2nc(Nc3ccc(N4CCN(CCF)CC4)cc3)nc3ccsc23)c1. The van der Waals surface area contributed by atoms with E-state index in [1.54, 1.807) is 24.3 Å². The van der Waals surface area contributed by atoms with E-state index < -0.39 is 0 Å². The fraction of sp³-hybridized carbons (Fsp3) is 0.222. The van der Waals surface area contributed by atoms with Crippen LogP contribution in [0.15, 0.2) is 72.6 Å². The number of nitrogens with one attached hydrogen (secondary N) is 2. The first-order chi connectivity index (χ1) is 18.1. The molecule has 2 aromatic carbocycles. The number of piperazine rings is 1. The third-order valence-corrected chi connectivity index (χ3v) is 6.93. The van der Waals surface area contributed by atoms with E-state index in [0.717, 1.165) is 47.8 Å². The fourth-order valence-electron chi connectivity index (χ4n) is 4.14. The molecule has 1 fully saturated rings. The summed E-state index contributed by atoms with van der Waals surface area (Å²) in [4.78, 5) is 25.4. The summed E-state index contributed by atoms with van der Waals surface area (Å²) < 4.78 is 19.5. The summed E-state index contributed by atoms with van der Waals surface area (Å²) in [6.45, 7) is 7.17. The minimum Gasteiger partial charge on any atom is -0.437 e. The third kappa shape index (κ3) is 6.04. The topological polar surface area (TPSA) is 82.6 Å². The molecule has 3 heterocycles. The molecule has 0 saturated carbocycles. The van der Waals surface area contributed by atoms with Crippen LogP contribution in [0.3, 0.4) is 0 Å². The lowest BCUT2D eigenvalue weighted by Gasteiger charge is -2.35. The number of amides is 1. The van der Waals surface area contributed by atoms with Crippen molar-refractivity contribution in [1.29, 1.82) is 0 Å². The maximum Gasteiger partial charge on any atom is 0.247 e. The van der Waals surface area contributed by atoms with E-state index in [-0.39, 0.29) is 12.6 Å². The molecule has 1 aliphatic heterocycles. The lowest BCUT2D eigenvalue weighted by molar-refractivity contribution is -0.111. The summed E-state index contributed by atoms with van der Waals surface area (Å²) in [5, 5.41) is 7.95. The molecule has 1 amide bonds. The van der Waals surface area contributed by atoms with Crippen molar-refractivity contribution >= 4 is 50.5 Å². The molecule has 37 heavy (non-hydrogen) atoms. The highest BCUT2D eigenvalue weighted by atomic mass is 32.1. The molecule has 2 N–H and O–H groups in total. The van der Waals surface area contributed by atoms with Gasteiger partial charge >= 0.3 is 0 Å². The highest BCUT2D eigenvalue weighted by Crippen LogP contribution is 2.34. The number of alkyl halides is 1. The number of ether oxygens (including phenoxy) is 1. The van der Waals surface area contributed by atoms with Crippen molar-refractivity contribution in [3.05, 3.63) is 72.6 Å². The number of fused-ring (bicyclic) bond motifs is 1. The van der Waals surface area contributed by atoms with Crippen LogP contribution in [0.4, 0.5) is 27.4 Å². The van der Waals surface area contributed by atoms with Gasteiger partial charge in [-0.1, -0.05) is 12.6 Å². The summed E-state index contributed by atoms with van der Waals surface area (Å²) >= 11 is 1.50. The number of aromatic nitrogens is 2. The maximum atomic E-state index is 12.6. The lowest BCUT2D eigenvalue weighted by Crippen LogP contribution is -2.47. The molecule has 0 unspecified atom stereocenters. The Morgan fingerprint density at radius 2 is 1.89 bits per heavy atom. The van der Waals surface area contributed by atoms with E-state index in [4.69, 9.17) is 4.74 Å². The highest BCUT2D eigenvalue weighted by Gasteiger charge is 2.17. The second kappa shape index (κ2) is 11.4. The van der Waals surface area contributed by atoms with Crippen LogP contribution in [-0.4, -0.2) is 60.2 Å². The number of rotatable bonds is 9. The molecular formula is C27H27FN6O2S. The Bertz CT molecular complexity index is 1390. The normalized spacial score (nSPS) is 13.9. The Balaban J connectivity index is 1.30. The smallest absolute Gasteiger partial charge is 0.247 e. The average Bonchev–Trinajstić information content (AvgIpc) is 3.39. The van der Waals surface area contributed by atoms with Gasteiger partial charge in [-0.25, -0.2) is 9.37 Å². The molecule has 0 radical (unpaired) electrons. The van der Waals surface area contributed by atoms with Gasteiger partial charge in [0.15, 0.2) is 0 Å². The summed E-state index contributed by atoms with van der Waals surface area (Å²) in [6.07, 6.45) is 1.21. The summed E-state index contributed by atoms with van der Waals surface area (Å²) in [6, 6.07) is 17.1. The average molecular weight is 519 g/mol. The van der Waals surface area contributed by atoms with Crippen molar-refractivity contribution < 1.29 is 13.9 Å². The predicted octanol–water partition coefficient (Wildman–Crippen LogP) is 5.44. The van der Waals surface area contributed by atoms with E-state index in [0.29, 0.717) is 29.8 Å². The zero-order valence-electron chi connectivity index (χ0n) is 20.2. The molecule has 4 aromatic rings. The lowest BCUT2D eigenvalue weighted by atomic mass is 10.2. The second-order valence-electron chi connectivity index (χ2n) is 8.50. The van der Waals surface area contributed by atoms with E-state index >= 15 is 0 Å². The fourth-order valence-corrected chi connectivity index (χ4v) is 4.89. The quantitative estimate of drug-likeness (QED) is 0.285.